The Hall–Kier alpha value is -2.14. The van der Waals surface area contributed by atoms with Gasteiger partial charge in [0.2, 0.25) is 0 Å². The summed E-state index contributed by atoms with van der Waals surface area (Å²) in [7, 11) is 0. The Kier molecular flexibility index (Phi) is 5.23. The number of piperazine rings is 1. The molecule has 0 aromatic carbocycles. The van der Waals surface area contributed by atoms with Crippen molar-refractivity contribution < 1.29 is 4.79 Å². The Balaban J connectivity index is 1.75. The topological polar surface area (TPSA) is 41.4 Å². The van der Waals surface area contributed by atoms with Crippen LogP contribution in [0.25, 0.3) is 0 Å². The van der Waals surface area contributed by atoms with Gasteiger partial charge in [-0.25, -0.2) is 0 Å². The number of hydrogen-bond acceptors (Lipinski definition) is 3. The van der Waals surface area contributed by atoms with Crippen molar-refractivity contribution in [1.29, 1.82) is 0 Å². The molecule has 1 saturated heterocycles. The number of rotatable bonds is 4. The van der Waals surface area contributed by atoms with Crippen molar-refractivity contribution in [1.82, 2.24) is 19.4 Å². The van der Waals surface area contributed by atoms with Crippen molar-refractivity contribution in [2.45, 2.75) is 40.3 Å². The molecule has 1 aliphatic rings. The van der Waals surface area contributed by atoms with Crippen LogP contribution in [0, 0.1) is 13.8 Å². The maximum Gasteiger partial charge on any atom is 0.255 e. The first kappa shape index (κ1) is 17.7. The first-order chi connectivity index (χ1) is 12.0. The van der Waals surface area contributed by atoms with Gasteiger partial charge in [0.1, 0.15) is 0 Å². The zero-order chi connectivity index (χ0) is 18.0. The van der Waals surface area contributed by atoms with E-state index in [4.69, 9.17) is 0 Å². The summed E-state index contributed by atoms with van der Waals surface area (Å²) in [5.74, 6) is 0.156. The van der Waals surface area contributed by atoms with Crippen LogP contribution in [0.5, 0.6) is 0 Å². The van der Waals surface area contributed by atoms with E-state index in [1.54, 1.807) is 0 Å². The van der Waals surface area contributed by atoms with Crippen LogP contribution < -0.4 is 0 Å². The lowest BCUT2D eigenvalue weighted by atomic mass is 10.2. The number of aromatic nitrogens is 2. The van der Waals surface area contributed by atoms with Crippen LogP contribution >= 0.6 is 0 Å². The van der Waals surface area contributed by atoms with E-state index < -0.39 is 0 Å². The summed E-state index contributed by atoms with van der Waals surface area (Å²) in [6.45, 7) is 12.7. The predicted molar refractivity (Wildman–Crippen MR) is 99.9 cm³/mol. The molecule has 0 radical (unpaired) electrons. The second-order valence-electron chi connectivity index (χ2n) is 7.11. The molecule has 1 aliphatic heterocycles. The summed E-state index contributed by atoms with van der Waals surface area (Å²) in [4.78, 5) is 21.8. The zero-order valence-corrected chi connectivity index (χ0v) is 15.7. The molecule has 0 spiro atoms. The molecular formula is C20H28N4O. The molecule has 0 aliphatic carbocycles. The fourth-order valence-electron chi connectivity index (χ4n) is 3.53. The van der Waals surface area contributed by atoms with Crippen molar-refractivity contribution in [2.24, 2.45) is 0 Å². The van der Waals surface area contributed by atoms with Crippen molar-refractivity contribution >= 4 is 5.91 Å². The molecule has 25 heavy (non-hydrogen) atoms. The maximum atomic E-state index is 13.0. The minimum absolute atomic E-state index is 0.156. The van der Waals surface area contributed by atoms with E-state index in [0.29, 0.717) is 12.6 Å². The fourth-order valence-corrected chi connectivity index (χ4v) is 3.53. The summed E-state index contributed by atoms with van der Waals surface area (Å²) >= 11 is 0. The van der Waals surface area contributed by atoms with Crippen LogP contribution in [0.3, 0.4) is 0 Å². The van der Waals surface area contributed by atoms with Crippen molar-refractivity contribution in [3.8, 4) is 0 Å². The number of aryl methyl sites for hydroxylation is 1. The Bertz CT molecular complexity index is 728. The number of hydrogen-bond donors (Lipinski definition) is 0. The van der Waals surface area contributed by atoms with E-state index in [-0.39, 0.29) is 5.91 Å². The average molecular weight is 340 g/mol. The predicted octanol–water partition coefficient (Wildman–Crippen LogP) is 2.71. The van der Waals surface area contributed by atoms with Gasteiger partial charge in [-0.1, -0.05) is 6.07 Å². The van der Waals surface area contributed by atoms with Gasteiger partial charge in [0.25, 0.3) is 5.91 Å². The molecule has 0 bridgehead atoms. The van der Waals surface area contributed by atoms with Gasteiger partial charge < -0.3 is 9.47 Å². The molecular weight excluding hydrogens is 312 g/mol. The first-order valence-corrected chi connectivity index (χ1v) is 9.07. The van der Waals surface area contributed by atoms with E-state index >= 15 is 0 Å². The van der Waals surface area contributed by atoms with Gasteiger partial charge in [-0.2, -0.15) is 0 Å². The van der Waals surface area contributed by atoms with E-state index in [9.17, 15) is 4.79 Å². The van der Waals surface area contributed by atoms with Gasteiger partial charge in [0.15, 0.2) is 0 Å². The second-order valence-corrected chi connectivity index (χ2v) is 7.11. The molecule has 2 aromatic rings. The molecule has 3 heterocycles. The van der Waals surface area contributed by atoms with E-state index in [1.807, 2.05) is 42.3 Å². The quantitative estimate of drug-likeness (QED) is 0.859. The van der Waals surface area contributed by atoms with Gasteiger partial charge in [-0.15, -0.1) is 0 Å². The highest BCUT2D eigenvalue weighted by molar-refractivity contribution is 5.95. The normalized spacial score (nSPS) is 15.8. The highest BCUT2D eigenvalue weighted by Gasteiger charge is 2.26. The van der Waals surface area contributed by atoms with Crippen LogP contribution in [-0.4, -0.2) is 57.5 Å². The molecule has 2 aromatic heterocycles. The third-order valence-corrected chi connectivity index (χ3v) is 5.18. The van der Waals surface area contributed by atoms with Gasteiger partial charge in [0, 0.05) is 49.8 Å². The lowest BCUT2D eigenvalue weighted by molar-refractivity contribution is 0.0594. The van der Waals surface area contributed by atoms with E-state index in [1.165, 1.54) is 0 Å². The molecule has 5 heteroatoms. The van der Waals surface area contributed by atoms with Crippen LogP contribution in [0.4, 0.5) is 0 Å². The lowest BCUT2D eigenvalue weighted by Gasteiger charge is -2.37. The van der Waals surface area contributed by atoms with Crippen LogP contribution in [0.2, 0.25) is 0 Å². The SMILES string of the molecule is Cc1cc(C(=O)N2CCN(C(C)C)CC2)c(C)n1Cc1ccccn1. The summed E-state index contributed by atoms with van der Waals surface area (Å²) in [5, 5.41) is 0. The molecule has 0 atom stereocenters. The van der Waals surface area contributed by atoms with Crippen LogP contribution in [-0.2, 0) is 6.54 Å². The number of carbonyl (C=O) groups is 1. The number of nitrogens with zero attached hydrogens (tertiary/aromatic N) is 4. The highest BCUT2D eigenvalue weighted by Crippen LogP contribution is 2.19. The van der Waals surface area contributed by atoms with Gasteiger partial charge >= 0.3 is 0 Å². The Morgan fingerprint density at radius 1 is 1.16 bits per heavy atom. The molecule has 0 saturated carbocycles. The summed E-state index contributed by atoms with van der Waals surface area (Å²) in [6, 6.07) is 8.50. The number of carbonyl (C=O) groups excluding carboxylic acids is 1. The molecule has 5 nitrogen and oxygen atoms in total. The van der Waals surface area contributed by atoms with Crippen LogP contribution in [0.1, 0.15) is 41.3 Å². The highest BCUT2D eigenvalue weighted by atomic mass is 16.2. The van der Waals surface area contributed by atoms with E-state index in [2.05, 4.69) is 35.2 Å². The molecule has 134 valence electrons. The summed E-state index contributed by atoms with van der Waals surface area (Å²) < 4.78 is 2.18. The van der Waals surface area contributed by atoms with Gasteiger partial charge in [0.05, 0.1) is 17.8 Å². The average Bonchev–Trinajstić information content (AvgIpc) is 2.90. The Morgan fingerprint density at radius 2 is 1.88 bits per heavy atom. The first-order valence-electron chi connectivity index (χ1n) is 9.07. The third-order valence-electron chi connectivity index (χ3n) is 5.18. The van der Waals surface area contributed by atoms with Crippen molar-refractivity contribution in [2.75, 3.05) is 26.2 Å². The molecule has 3 rings (SSSR count). The second kappa shape index (κ2) is 7.40. The number of pyridine rings is 1. The van der Waals surface area contributed by atoms with Crippen LogP contribution in [0.15, 0.2) is 30.5 Å². The summed E-state index contributed by atoms with van der Waals surface area (Å²) in [6.07, 6.45) is 1.81. The molecule has 1 fully saturated rings. The van der Waals surface area contributed by atoms with Crippen molar-refractivity contribution in [3.63, 3.8) is 0 Å². The lowest BCUT2D eigenvalue weighted by Crippen LogP contribution is -2.50. The monoisotopic (exact) mass is 340 g/mol. The summed E-state index contributed by atoms with van der Waals surface area (Å²) in [5.41, 5.74) is 3.96. The minimum atomic E-state index is 0.156. The minimum Gasteiger partial charge on any atom is -0.342 e. The third kappa shape index (κ3) is 3.76. The van der Waals surface area contributed by atoms with Gasteiger partial charge in [-0.3, -0.25) is 14.7 Å². The van der Waals surface area contributed by atoms with Crippen molar-refractivity contribution in [3.05, 3.63) is 53.1 Å². The van der Waals surface area contributed by atoms with Gasteiger partial charge in [-0.05, 0) is 45.9 Å². The maximum absolute atomic E-state index is 13.0. The Labute approximate surface area is 150 Å². The zero-order valence-electron chi connectivity index (χ0n) is 15.7. The fraction of sp³-hybridized carbons (Fsp3) is 0.500. The Morgan fingerprint density at radius 3 is 2.48 bits per heavy atom. The van der Waals surface area contributed by atoms with E-state index in [0.717, 1.165) is 48.8 Å². The largest absolute Gasteiger partial charge is 0.342 e. The number of amides is 1. The molecule has 0 unspecified atom stereocenters. The molecule has 1 amide bonds. The molecule has 0 N–H and O–H groups in total. The standard InChI is InChI=1S/C20H28N4O/c1-15(2)22-9-11-23(12-10-22)20(25)19-13-16(3)24(17(19)4)14-18-7-5-6-8-21-18/h5-8,13,15H,9-12,14H2,1-4H3. The smallest absolute Gasteiger partial charge is 0.255 e.